The van der Waals surface area contributed by atoms with Crippen LogP contribution in [-0.4, -0.2) is 10.1 Å². The third-order valence-electron chi connectivity index (χ3n) is 3.31. The lowest BCUT2D eigenvalue weighted by Gasteiger charge is -2.11. The summed E-state index contributed by atoms with van der Waals surface area (Å²) in [7, 11) is 0. The topological polar surface area (TPSA) is 45.1 Å². The van der Waals surface area contributed by atoms with Crippen molar-refractivity contribution in [1.82, 2.24) is 4.98 Å². The molecule has 0 radical (unpaired) electrons. The van der Waals surface area contributed by atoms with E-state index in [2.05, 4.69) is 16.4 Å². The molecule has 20 heavy (non-hydrogen) atoms. The molecule has 0 bridgehead atoms. The van der Waals surface area contributed by atoms with Crippen LogP contribution in [0.5, 0.6) is 5.75 Å². The molecule has 1 aromatic heterocycles. The highest BCUT2D eigenvalue weighted by atomic mass is 16.3. The minimum absolute atomic E-state index is 0.315. The van der Waals surface area contributed by atoms with Gasteiger partial charge >= 0.3 is 0 Å². The first-order chi connectivity index (χ1) is 9.74. The van der Waals surface area contributed by atoms with Crippen molar-refractivity contribution in [3.8, 4) is 5.75 Å². The maximum atomic E-state index is 9.80. The number of hydrogen-bond donors (Lipinski definition) is 2. The van der Waals surface area contributed by atoms with Gasteiger partial charge in [-0.15, -0.1) is 0 Å². The van der Waals surface area contributed by atoms with E-state index < -0.39 is 0 Å². The van der Waals surface area contributed by atoms with Gasteiger partial charge in [0.25, 0.3) is 0 Å². The van der Waals surface area contributed by atoms with Crippen molar-refractivity contribution in [2.75, 3.05) is 5.32 Å². The third-order valence-corrected chi connectivity index (χ3v) is 3.31. The fourth-order valence-corrected chi connectivity index (χ4v) is 2.30. The summed E-state index contributed by atoms with van der Waals surface area (Å²) in [6.07, 6.45) is 0. The van der Waals surface area contributed by atoms with Crippen molar-refractivity contribution >= 4 is 16.6 Å². The number of benzene rings is 2. The summed E-state index contributed by atoms with van der Waals surface area (Å²) in [6, 6.07) is 17.4. The van der Waals surface area contributed by atoms with Crippen LogP contribution in [0.4, 0.5) is 5.69 Å². The Morgan fingerprint density at radius 2 is 1.80 bits per heavy atom. The van der Waals surface area contributed by atoms with Crippen LogP contribution < -0.4 is 5.32 Å². The molecule has 1 heterocycles. The number of nitrogens with one attached hydrogen (secondary N) is 1. The Balaban J connectivity index is 1.93. The maximum absolute atomic E-state index is 9.80. The van der Waals surface area contributed by atoms with Gasteiger partial charge in [-0.2, -0.15) is 0 Å². The minimum Gasteiger partial charge on any atom is -0.508 e. The summed E-state index contributed by atoms with van der Waals surface area (Å²) in [5.41, 5.74) is 3.87. The average Bonchev–Trinajstić information content (AvgIpc) is 2.46. The highest BCUT2D eigenvalue weighted by molar-refractivity contribution is 5.91. The zero-order valence-electron chi connectivity index (χ0n) is 11.3. The predicted molar refractivity (Wildman–Crippen MR) is 81.9 cm³/mol. The molecule has 3 rings (SSSR count). The first-order valence-corrected chi connectivity index (χ1v) is 6.61. The van der Waals surface area contributed by atoms with Gasteiger partial charge in [0.05, 0.1) is 5.52 Å². The van der Waals surface area contributed by atoms with E-state index in [-0.39, 0.29) is 0 Å². The van der Waals surface area contributed by atoms with Crippen LogP contribution >= 0.6 is 0 Å². The summed E-state index contributed by atoms with van der Waals surface area (Å²) < 4.78 is 0. The lowest BCUT2D eigenvalue weighted by Crippen LogP contribution is -2.01. The number of rotatable bonds is 3. The Morgan fingerprint density at radius 1 is 1.05 bits per heavy atom. The molecular formula is C17H16N2O. The Labute approximate surface area is 117 Å². The van der Waals surface area contributed by atoms with Gasteiger partial charge in [-0.05, 0) is 25.1 Å². The molecule has 0 aliphatic heterocycles. The fraction of sp³-hybridized carbons (Fsp3) is 0.118. The van der Waals surface area contributed by atoms with Crippen LogP contribution in [-0.2, 0) is 6.54 Å². The van der Waals surface area contributed by atoms with E-state index in [0.717, 1.165) is 27.8 Å². The number of phenols is 1. The molecule has 2 aromatic carbocycles. The maximum Gasteiger partial charge on any atom is 0.120 e. The molecule has 0 aliphatic carbocycles. The Hall–Kier alpha value is -2.55. The molecule has 100 valence electrons. The van der Waals surface area contributed by atoms with Gasteiger partial charge in [0.1, 0.15) is 5.75 Å². The molecule has 0 atom stereocenters. The summed E-state index contributed by atoms with van der Waals surface area (Å²) in [5, 5.41) is 14.3. The molecule has 3 nitrogen and oxygen atoms in total. The number of pyridine rings is 1. The smallest absolute Gasteiger partial charge is 0.120 e. The van der Waals surface area contributed by atoms with E-state index in [0.29, 0.717) is 12.3 Å². The highest BCUT2D eigenvalue weighted by Crippen LogP contribution is 2.24. The van der Waals surface area contributed by atoms with Crippen molar-refractivity contribution < 1.29 is 5.11 Å². The lowest BCUT2D eigenvalue weighted by atomic mass is 10.1. The van der Waals surface area contributed by atoms with Gasteiger partial charge in [0.15, 0.2) is 0 Å². The van der Waals surface area contributed by atoms with Gasteiger partial charge in [-0.1, -0.05) is 36.4 Å². The molecule has 0 saturated heterocycles. The molecular weight excluding hydrogens is 248 g/mol. The van der Waals surface area contributed by atoms with E-state index in [1.165, 1.54) is 0 Å². The second kappa shape index (κ2) is 5.21. The fourth-order valence-electron chi connectivity index (χ4n) is 2.30. The zero-order valence-corrected chi connectivity index (χ0v) is 11.3. The van der Waals surface area contributed by atoms with E-state index >= 15 is 0 Å². The van der Waals surface area contributed by atoms with Crippen LogP contribution in [0.2, 0.25) is 0 Å². The number of nitrogens with zero attached hydrogens (tertiary/aromatic N) is 1. The summed E-state index contributed by atoms with van der Waals surface area (Å²) >= 11 is 0. The van der Waals surface area contributed by atoms with Crippen molar-refractivity contribution in [3.63, 3.8) is 0 Å². The largest absolute Gasteiger partial charge is 0.508 e. The average molecular weight is 264 g/mol. The van der Waals surface area contributed by atoms with E-state index in [9.17, 15) is 5.11 Å². The second-order valence-electron chi connectivity index (χ2n) is 4.81. The van der Waals surface area contributed by atoms with Crippen LogP contribution in [0.3, 0.4) is 0 Å². The van der Waals surface area contributed by atoms with E-state index in [1.54, 1.807) is 6.07 Å². The number of para-hydroxylation sites is 2. The first kappa shape index (κ1) is 12.5. The second-order valence-corrected chi connectivity index (χ2v) is 4.81. The van der Waals surface area contributed by atoms with Crippen molar-refractivity contribution in [3.05, 3.63) is 65.9 Å². The van der Waals surface area contributed by atoms with Gasteiger partial charge < -0.3 is 10.4 Å². The van der Waals surface area contributed by atoms with E-state index in [1.807, 2.05) is 49.4 Å². The standard InChI is InChI=1S/C17H16N2O/c1-12-10-16(14-7-3-4-8-15(14)19-12)18-11-13-6-2-5-9-17(13)20/h2-10,20H,11H2,1H3,(H,18,19). The van der Waals surface area contributed by atoms with Crippen molar-refractivity contribution in [2.24, 2.45) is 0 Å². The van der Waals surface area contributed by atoms with Crippen LogP contribution in [0, 0.1) is 6.92 Å². The van der Waals surface area contributed by atoms with Gasteiger partial charge in [0.2, 0.25) is 0 Å². The Bertz CT molecular complexity index is 753. The normalized spacial score (nSPS) is 10.7. The first-order valence-electron chi connectivity index (χ1n) is 6.61. The molecule has 3 heteroatoms. The molecule has 0 aliphatic rings. The van der Waals surface area contributed by atoms with E-state index in [4.69, 9.17) is 0 Å². The Kier molecular flexibility index (Phi) is 3.25. The monoisotopic (exact) mass is 264 g/mol. The van der Waals surface area contributed by atoms with Crippen LogP contribution in [0.1, 0.15) is 11.3 Å². The highest BCUT2D eigenvalue weighted by Gasteiger charge is 2.04. The molecule has 0 saturated carbocycles. The zero-order chi connectivity index (χ0) is 13.9. The number of aromatic hydroxyl groups is 1. The number of hydrogen-bond acceptors (Lipinski definition) is 3. The third kappa shape index (κ3) is 2.43. The molecule has 0 spiro atoms. The summed E-state index contributed by atoms with van der Waals surface area (Å²) in [6.45, 7) is 2.57. The van der Waals surface area contributed by atoms with Crippen LogP contribution in [0.25, 0.3) is 10.9 Å². The van der Waals surface area contributed by atoms with Gasteiger partial charge in [0, 0.05) is 28.9 Å². The van der Waals surface area contributed by atoms with Crippen molar-refractivity contribution in [1.29, 1.82) is 0 Å². The lowest BCUT2D eigenvalue weighted by molar-refractivity contribution is 0.469. The minimum atomic E-state index is 0.315. The Morgan fingerprint density at radius 3 is 2.65 bits per heavy atom. The van der Waals surface area contributed by atoms with Gasteiger partial charge in [-0.25, -0.2) is 0 Å². The number of aryl methyl sites for hydroxylation is 1. The summed E-state index contributed by atoms with van der Waals surface area (Å²) in [5.74, 6) is 0.315. The molecule has 0 fully saturated rings. The SMILES string of the molecule is Cc1cc(NCc2ccccc2O)c2ccccc2n1. The molecule has 0 unspecified atom stereocenters. The summed E-state index contributed by atoms with van der Waals surface area (Å²) in [4.78, 5) is 4.52. The number of anilines is 1. The number of aromatic nitrogens is 1. The van der Waals surface area contributed by atoms with Crippen LogP contribution in [0.15, 0.2) is 54.6 Å². The predicted octanol–water partition coefficient (Wildman–Crippen LogP) is 3.86. The quantitative estimate of drug-likeness (QED) is 0.755. The van der Waals surface area contributed by atoms with Gasteiger partial charge in [-0.3, -0.25) is 4.98 Å². The number of phenolic OH excluding ortho intramolecular Hbond substituents is 1. The molecule has 0 amide bonds. The number of fused-ring (bicyclic) bond motifs is 1. The molecule has 2 N–H and O–H groups in total. The molecule has 3 aromatic rings. The van der Waals surface area contributed by atoms with Crippen molar-refractivity contribution in [2.45, 2.75) is 13.5 Å².